The van der Waals surface area contributed by atoms with Crippen LogP contribution in [0.5, 0.6) is 11.5 Å². The Labute approximate surface area is 189 Å². The van der Waals surface area contributed by atoms with Crippen LogP contribution in [0.4, 0.5) is 27.6 Å². The summed E-state index contributed by atoms with van der Waals surface area (Å²) in [5.74, 6) is -10.3. The Morgan fingerprint density at radius 3 is 2.47 bits per heavy atom. The first kappa shape index (κ1) is 25.1. The summed E-state index contributed by atoms with van der Waals surface area (Å²) in [6.07, 6.45) is -5.70. The Bertz CT molecular complexity index is 1140. The van der Waals surface area contributed by atoms with E-state index in [4.69, 9.17) is 15.2 Å². The summed E-state index contributed by atoms with van der Waals surface area (Å²) in [6.45, 7) is 1.85. The summed E-state index contributed by atoms with van der Waals surface area (Å²) in [6, 6.07) is 3.05. The minimum Gasteiger partial charge on any atom is -0.505 e. The van der Waals surface area contributed by atoms with Gasteiger partial charge in [-0.15, -0.1) is 0 Å². The molecule has 4 atom stereocenters. The zero-order valence-corrected chi connectivity index (χ0v) is 18.0. The number of amides is 2. The molecule has 0 bridgehead atoms. The van der Waals surface area contributed by atoms with Gasteiger partial charge in [0.25, 0.3) is 11.8 Å². The molecule has 1 saturated heterocycles. The molecule has 0 unspecified atom stereocenters. The molecule has 34 heavy (non-hydrogen) atoms. The predicted molar refractivity (Wildman–Crippen MR) is 107 cm³/mol. The Hall–Kier alpha value is -3.48. The Balaban J connectivity index is 2.12. The smallest absolute Gasteiger partial charge is 0.417 e. The van der Waals surface area contributed by atoms with E-state index in [-0.39, 0.29) is 11.4 Å². The van der Waals surface area contributed by atoms with Gasteiger partial charge >= 0.3 is 6.18 Å². The number of pyridine rings is 1. The number of hydrogen-bond acceptors (Lipinski definition) is 6. The molecule has 1 fully saturated rings. The van der Waals surface area contributed by atoms with Crippen LogP contribution in [0.2, 0.25) is 0 Å². The van der Waals surface area contributed by atoms with Crippen molar-refractivity contribution in [3.8, 4) is 11.5 Å². The third-order valence-corrected chi connectivity index (χ3v) is 5.94. The van der Waals surface area contributed by atoms with Crippen molar-refractivity contribution in [3.63, 3.8) is 0 Å². The number of phenols is 1. The van der Waals surface area contributed by atoms with Gasteiger partial charge in [-0.05, 0) is 25.1 Å². The fourth-order valence-electron chi connectivity index (χ4n) is 3.95. The Kier molecular flexibility index (Phi) is 6.44. The maximum atomic E-state index is 14.5. The van der Waals surface area contributed by atoms with Crippen molar-refractivity contribution in [1.82, 2.24) is 4.98 Å². The number of rotatable bonds is 5. The second-order valence-electron chi connectivity index (χ2n) is 7.89. The van der Waals surface area contributed by atoms with Gasteiger partial charge in [0.1, 0.15) is 11.8 Å². The zero-order valence-electron chi connectivity index (χ0n) is 18.0. The number of nitrogens with one attached hydrogen (secondary N) is 1. The van der Waals surface area contributed by atoms with Gasteiger partial charge in [-0.3, -0.25) is 14.6 Å². The van der Waals surface area contributed by atoms with E-state index in [1.54, 1.807) is 0 Å². The van der Waals surface area contributed by atoms with Gasteiger partial charge in [-0.2, -0.15) is 22.0 Å². The molecule has 0 spiro atoms. The molecule has 1 aromatic heterocycles. The SMILES string of the molecule is COc1c([C@H]2[C@H](C(=O)Nc3ccnc(C(N)=O)c3)O[C@@](C)(C(F)(F)F)[C@H]2C)cc(O)c(F)c1F. The molecule has 2 amide bonds. The summed E-state index contributed by atoms with van der Waals surface area (Å²) in [5.41, 5.74) is 1.63. The number of anilines is 1. The lowest BCUT2D eigenvalue weighted by molar-refractivity contribution is -0.272. The summed E-state index contributed by atoms with van der Waals surface area (Å²) in [7, 11) is 0.958. The topological polar surface area (TPSA) is 124 Å². The largest absolute Gasteiger partial charge is 0.505 e. The van der Waals surface area contributed by atoms with Crippen LogP contribution >= 0.6 is 0 Å². The van der Waals surface area contributed by atoms with Crippen molar-refractivity contribution in [1.29, 1.82) is 0 Å². The van der Waals surface area contributed by atoms with E-state index in [0.717, 1.165) is 33.2 Å². The monoisotopic (exact) mass is 489 g/mol. The van der Waals surface area contributed by atoms with Crippen molar-refractivity contribution in [2.45, 2.75) is 37.6 Å². The molecular weight excluding hydrogens is 469 g/mol. The number of ether oxygens (including phenoxy) is 2. The highest BCUT2D eigenvalue weighted by molar-refractivity contribution is 5.97. The van der Waals surface area contributed by atoms with E-state index in [2.05, 4.69) is 10.3 Å². The van der Waals surface area contributed by atoms with Crippen LogP contribution < -0.4 is 15.8 Å². The minimum absolute atomic E-state index is 0.0236. The third-order valence-electron chi connectivity index (χ3n) is 5.94. The molecule has 0 aliphatic carbocycles. The first-order chi connectivity index (χ1) is 15.7. The number of phenolic OH excluding ortho intramolecular Hbond substituents is 1. The second-order valence-corrected chi connectivity index (χ2v) is 7.89. The fourth-order valence-corrected chi connectivity index (χ4v) is 3.95. The van der Waals surface area contributed by atoms with Gasteiger partial charge in [-0.25, -0.2) is 0 Å². The molecule has 13 heteroatoms. The normalized spacial score (nSPS) is 24.6. The van der Waals surface area contributed by atoms with Gasteiger partial charge in [0.15, 0.2) is 17.1 Å². The third kappa shape index (κ3) is 4.11. The van der Waals surface area contributed by atoms with Crippen LogP contribution in [0.25, 0.3) is 0 Å². The van der Waals surface area contributed by atoms with Gasteiger partial charge in [0, 0.05) is 29.3 Å². The lowest BCUT2D eigenvalue weighted by Crippen LogP contribution is -2.47. The molecule has 1 aliphatic heterocycles. The molecule has 1 aromatic carbocycles. The van der Waals surface area contributed by atoms with E-state index in [0.29, 0.717) is 6.07 Å². The standard InChI is InChI=1S/C21H20F5N3O5/c1-8-13(10-7-12(30)14(22)15(23)16(10)33-3)17(34-20(8,2)21(24,25)26)19(32)29-9-4-5-28-11(6-9)18(27)31/h4-8,13,17,30H,1-3H3,(H2,27,31)(H,28,29,32)/t8-,13-,17+,20+/m0/s1. The molecular formula is C21H20F5N3O5. The number of aromatic nitrogens is 1. The maximum Gasteiger partial charge on any atom is 0.417 e. The van der Waals surface area contributed by atoms with E-state index in [9.17, 15) is 36.6 Å². The van der Waals surface area contributed by atoms with Crippen LogP contribution in [-0.4, -0.2) is 46.9 Å². The lowest BCUT2D eigenvalue weighted by atomic mass is 9.76. The van der Waals surface area contributed by atoms with Crippen molar-refractivity contribution < 1.29 is 46.1 Å². The van der Waals surface area contributed by atoms with Gasteiger partial charge in [0.2, 0.25) is 11.6 Å². The molecule has 4 N–H and O–H groups in total. The van der Waals surface area contributed by atoms with E-state index >= 15 is 0 Å². The average molecular weight is 489 g/mol. The van der Waals surface area contributed by atoms with Crippen molar-refractivity contribution in [3.05, 3.63) is 47.3 Å². The highest BCUT2D eigenvalue weighted by atomic mass is 19.4. The van der Waals surface area contributed by atoms with E-state index in [1.807, 2.05) is 0 Å². The molecule has 3 rings (SSSR count). The molecule has 1 aliphatic rings. The van der Waals surface area contributed by atoms with Crippen molar-refractivity contribution >= 4 is 17.5 Å². The number of carbonyl (C=O) groups is 2. The molecule has 0 saturated carbocycles. The number of benzene rings is 1. The molecule has 2 heterocycles. The molecule has 2 aromatic rings. The summed E-state index contributed by atoms with van der Waals surface area (Å²) in [4.78, 5) is 28.1. The predicted octanol–water partition coefficient (Wildman–Crippen LogP) is 3.25. The summed E-state index contributed by atoms with van der Waals surface area (Å²) < 4.78 is 80.3. The highest BCUT2D eigenvalue weighted by Crippen LogP contribution is 2.55. The molecule has 0 radical (unpaired) electrons. The molecule has 8 nitrogen and oxygen atoms in total. The minimum atomic E-state index is -4.96. The number of alkyl halides is 3. The van der Waals surface area contributed by atoms with Crippen LogP contribution in [0, 0.1) is 17.6 Å². The van der Waals surface area contributed by atoms with Gasteiger partial charge in [0.05, 0.1) is 7.11 Å². The fraction of sp³-hybridized carbons (Fsp3) is 0.381. The number of nitrogens with zero attached hydrogens (tertiary/aromatic N) is 1. The van der Waals surface area contributed by atoms with Crippen molar-refractivity contribution in [2.75, 3.05) is 12.4 Å². The first-order valence-electron chi connectivity index (χ1n) is 9.79. The first-order valence-corrected chi connectivity index (χ1v) is 9.79. The number of halogens is 5. The van der Waals surface area contributed by atoms with Gasteiger partial charge < -0.3 is 25.6 Å². The quantitative estimate of drug-likeness (QED) is 0.554. The molecule has 184 valence electrons. The zero-order chi connectivity index (χ0) is 25.6. The van der Waals surface area contributed by atoms with E-state index in [1.165, 1.54) is 6.07 Å². The summed E-state index contributed by atoms with van der Waals surface area (Å²) >= 11 is 0. The van der Waals surface area contributed by atoms with Crippen LogP contribution in [0.1, 0.15) is 35.8 Å². The lowest BCUT2D eigenvalue weighted by Gasteiger charge is -2.32. The Morgan fingerprint density at radius 1 is 1.26 bits per heavy atom. The number of aromatic hydroxyl groups is 1. The van der Waals surface area contributed by atoms with Crippen molar-refractivity contribution in [2.24, 2.45) is 11.7 Å². The van der Waals surface area contributed by atoms with Gasteiger partial charge in [-0.1, -0.05) is 6.92 Å². The number of methoxy groups -OCH3 is 1. The highest BCUT2D eigenvalue weighted by Gasteiger charge is 2.66. The number of primary amides is 1. The van der Waals surface area contributed by atoms with E-state index < -0.39 is 70.2 Å². The van der Waals surface area contributed by atoms with Crippen LogP contribution in [0.3, 0.4) is 0 Å². The van der Waals surface area contributed by atoms with Crippen LogP contribution in [0.15, 0.2) is 24.4 Å². The van der Waals surface area contributed by atoms with Crippen LogP contribution in [-0.2, 0) is 9.53 Å². The average Bonchev–Trinajstić information content (AvgIpc) is 3.04. The number of nitrogens with two attached hydrogens (primary N) is 1. The number of hydrogen-bond donors (Lipinski definition) is 3. The second kappa shape index (κ2) is 8.70. The number of carbonyl (C=O) groups excluding carboxylic acids is 2. The Morgan fingerprint density at radius 2 is 1.91 bits per heavy atom. The maximum absolute atomic E-state index is 14.5. The summed E-state index contributed by atoms with van der Waals surface area (Å²) in [5, 5.41) is 12.1.